The quantitative estimate of drug-likeness (QED) is 0.841. The molecule has 0 unspecified atom stereocenters. The lowest BCUT2D eigenvalue weighted by Crippen LogP contribution is -2.27. The molecule has 3 rings (SSSR count). The second-order valence-electron chi connectivity index (χ2n) is 5.98. The van der Waals surface area contributed by atoms with Gasteiger partial charge in [-0.1, -0.05) is 5.21 Å². The maximum atomic E-state index is 5.96. The van der Waals surface area contributed by atoms with Crippen LogP contribution in [0.1, 0.15) is 43.6 Å². The Morgan fingerprint density at radius 3 is 3.00 bits per heavy atom. The van der Waals surface area contributed by atoms with Crippen LogP contribution in [-0.2, 0) is 24.4 Å². The predicted molar refractivity (Wildman–Crippen MR) is 86.8 cm³/mol. The van der Waals surface area contributed by atoms with Gasteiger partial charge in [0.1, 0.15) is 11.9 Å². The van der Waals surface area contributed by atoms with E-state index in [1.54, 1.807) is 0 Å². The number of aryl methyl sites for hydroxylation is 3. The van der Waals surface area contributed by atoms with Gasteiger partial charge in [0.15, 0.2) is 0 Å². The molecule has 1 saturated heterocycles. The summed E-state index contributed by atoms with van der Waals surface area (Å²) >= 11 is 0. The van der Waals surface area contributed by atoms with Crippen molar-refractivity contribution in [2.45, 2.75) is 52.9 Å². The summed E-state index contributed by atoms with van der Waals surface area (Å²) in [5.74, 6) is 1.50. The van der Waals surface area contributed by atoms with Gasteiger partial charge in [-0.3, -0.25) is 0 Å². The minimum Gasteiger partial charge on any atom is -0.370 e. The monoisotopic (exact) mass is 318 g/mol. The molecule has 1 aliphatic rings. The van der Waals surface area contributed by atoms with Crippen LogP contribution in [0.2, 0.25) is 0 Å². The summed E-state index contributed by atoms with van der Waals surface area (Å²) in [5, 5.41) is 11.9. The van der Waals surface area contributed by atoms with Gasteiger partial charge < -0.3 is 14.6 Å². The van der Waals surface area contributed by atoms with Crippen LogP contribution >= 0.6 is 0 Å². The van der Waals surface area contributed by atoms with E-state index >= 15 is 0 Å². The number of nitrogens with one attached hydrogen (secondary N) is 1. The van der Waals surface area contributed by atoms with Crippen molar-refractivity contribution in [2.75, 3.05) is 13.2 Å². The smallest absolute Gasteiger partial charge is 0.138 e. The van der Waals surface area contributed by atoms with Crippen LogP contribution in [0.15, 0.2) is 12.4 Å². The van der Waals surface area contributed by atoms with Crippen LogP contribution in [0.25, 0.3) is 0 Å². The molecule has 1 fully saturated rings. The van der Waals surface area contributed by atoms with Crippen molar-refractivity contribution in [3.63, 3.8) is 0 Å². The van der Waals surface area contributed by atoms with E-state index in [1.807, 2.05) is 24.0 Å². The Morgan fingerprint density at radius 2 is 2.22 bits per heavy atom. The molecule has 3 heterocycles. The topological polar surface area (TPSA) is 69.8 Å². The summed E-state index contributed by atoms with van der Waals surface area (Å²) in [6.45, 7) is 10.5. The van der Waals surface area contributed by atoms with E-state index in [0.29, 0.717) is 5.92 Å². The Kier molecular flexibility index (Phi) is 5.07. The average Bonchev–Trinajstić information content (AvgIpc) is 3.27. The largest absolute Gasteiger partial charge is 0.370 e. The van der Waals surface area contributed by atoms with Crippen molar-refractivity contribution in [1.82, 2.24) is 29.9 Å². The van der Waals surface area contributed by atoms with E-state index in [9.17, 15) is 0 Å². The van der Waals surface area contributed by atoms with E-state index in [-0.39, 0.29) is 6.10 Å². The summed E-state index contributed by atoms with van der Waals surface area (Å²) in [7, 11) is 0. The molecular formula is C16H26N6O. The summed E-state index contributed by atoms with van der Waals surface area (Å²) < 4.78 is 10.1. The number of imidazole rings is 1. The first-order valence-electron chi connectivity index (χ1n) is 8.46. The number of aromatic nitrogens is 5. The predicted octanol–water partition coefficient (Wildman–Crippen LogP) is 1.69. The molecule has 0 aliphatic carbocycles. The first-order valence-corrected chi connectivity index (χ1v) is 8.46. The molecule has 2 aromatic heterocycles. The van der Waals surface area contributed by atoms with Crippen molar-refractivity contribution < 1.29 is 4.74 Å². The fourth-order valence-electron chi connectivity index (χ4n) is 3.24. The Labute approximate surface area is 137 Å². The molecule has 7 nitrogen and oxygen atoms in total. The zero-order chi connectivity index (χ0) is 16.2. The standard InChI is InChI=1S/C16H26N6O/c1-4-21-8-7-18-16(21)15-13(6-9-23-15)10-17-11-14-12(3)19-20-22(14)5-2/h7-8,13,15,17H,4-6,9-11H2,1-3H3/t13-,15+/m0/s1. The number of hydrogen-bond acceptors (Lipinski definition) is 5. The van der Waals surface area contributed by atoms with Crippen molar-refractivity contribution in [2.24, 2.45) is 5.92 Å². The molecule has 7 heteroatoms. The normalized spacial score (nSPS) is 21.2. The van der Waals surface area contributed by atoms with E-state index in [1.165, 1.54) is 0 Å². The molecule has 2 aromatic rings. The SMILES string of the molecule is CCn1ccnc1[C@@H]1OCC[C@H]1CNCc1c(C)nnn1CC. The van der Waals surface area contributed by atoms with E-state index in [0.717, 1.165) is 56.4 Å². The Balaban J connectivity index is 1.60. The van der Waals surface area contributed by atoms with Crippen LogP contribution < -0.4 is 5.32 Å². The molecule has 2 atom stereocenters. The van der Waals surface area contributed by atoms with E-state index < -0.39 is 0 Å². The highest BCUT2D eigenvalue weighted by atomic mass is 16.5. The van der Waals surface area contributed by atoms with Gasteiger partial charge in [0.05, 0.1) is 11.4 Å². The molecule has 23 heavy (non-hydrogen) atoms. The fraction of sp³-hybridized carbons (Fsp3) is 0.688. The average molecular weight is 318 g/mol. The van der Waals surface area contributed by atoms with Crippen molar-refractivity contribution in [1.29, 1.82) is 0 Å². The van der Waals surface area contributed by atoms with Crippen molar-refractivity contribution in [3.05, 3.63) is 29.6 Å². The highest BCUT2D eigenvalue weighted by Gasteiger charge is 2.32. The Hall–Kier alpha value is -1.73. The van der Waals surface area contributed by atoms with Crippen LogP contribution in [0.5, 0.6) is 0 Å². The van der Waals surface area contributed by atoms with Crippen LogP contribution in [0.3, 0.4) is 0 Å². The number of ether oxygens (including phenoxy) is 1. The van der Waals surface area contributed by atoms with E-state index in [2.05, 4.69) is 39.0 Å². The maximum Gasteiger partial charge on any atom is 0.138 e. The Morgan fingerprint density at radius 1 is 1.35 bits per heavy atom. The van der Waals surface area contributed by atoms with E-state index in [4.69, 9.17) is 4.74 Å². The maximum absolute atomic E-state index is 5.96. The molecule has 0 saturated carbocycles. The minimum atomic E-state index is 0.0905. The van der Waals surface area contributed by atoms with Gasteiger partial charge in [-0.05, 0) is 27.2 Å². The van der Waals surface area contributed by atoms with Crippen molar-refractivity contribution >= 4 is 0 Å². The van der Waals surface area contributed by atoms with Crippen molar-refractivity contribution in [3.8, 4) is 0 Å². The third-order valence-corrected chi connectivity index (χ3v) is 4.59. The first-order chi connectivity index (χ1) is 11.2. The van der Waals surface area contributed by atoms with Gasteiger partial charge in [-0.15, -0.1) is 5.10 Å². The molecule has 0 spiro atoms. The van der Waals surface area contributed by atoms with Gasteiger partial charge in [0.25, 0.3) is 0 Å². The van der Waals surface area contributed by atoms with Crippen LogP contribution in [0.4, 0.5) is 0 Å². The zero-order valence-electron chi connectivity index (χ0n) is 14.2. The summed E-state index contributed by atoms with van der Waals surface area (Å²) in [6, 6.07) is 0. The summed E-state index contributed by atoms with van der Waals surface area (Å²) in [5.41, 5.74) is 2.16. The summed E-state index contributed by atoms with van der Waals surface area (Å²) in [6.07, 6.45) is 5.04. The number of nitrogens with zero attached hydrogens (tertiary/aromatic N) is 5. The van der Waals surface area contributed by atoms with Crippen LogP contribution in [0, 0.1) is 12.8 Å². The molecular weight excluding hydrogens is 292 g/mol. The second kappa shape index (κ2) is 7.23. The molecule has 0 amide bonds. The van der Waals surface area contributed by atoms with Gasteiger partial charge in [-0.2, -0.15) is 0 Å². The lowest BCUT2D eigenvalue weighted by atomic mass is 10.0. The highest BCUT2D eigenvalue weighted by molar-refractivity contribution is 5.08. The molecule has 0 bridgehead atoms. The number of rotatable bonds is 7. The van der Waals surface area contributed by atoms with Gasteiger partial charge >= 0.3 is 0 Å². The van der Waals surface area contributed by atoms with Gasteiger partial charge in [0, 0.05) is 51.1 Å². The highest BCUT2D eigenvalue weighted by Crippen LogP contribution is 2.33. The van der Waals surface area contributed by atoms with Gasteiger partial charge in [-0.25, -0.2) is 9.67 Å². The van der Waals surface area contributed by atoms with Gasteiger partial charge in [0.2, 0.25) is 0 Å². The lowest BCUT2D eigenvalue weighted by molar-refractivity contribution is 0.0803. The third kappa shape index (κ3) is 3.30. The molecule has 126 valence electrons. The summed E-state index contributed by atoms with van der Waals surface area (Å²) in [4.78, 5) is 4.50. The zero-order valence-corrected chi connectivity index (χ0v) is 14.2. The Bertz CT molecular complexity index is 634. The molecule has 0 radical (unpaired) electrons. The minimum absolute atomic E-state index is 0.0905. The fourth-order valence-corrected chi connectivity index (χ4v) is 3.24. The van der Waals surface area contributed by atoms with Crippen LogP contribution in [-0.4, -0.2) is 37.7 Å². The first kappa shape index (κ1) is 16.1. The second-order valence-corrected chi connectivity index (χ2v) is 5.98. The molecule has 0 aromatic carbocycles. The lowest BCUT2D eigenvalue weighted by Gasteiger charge is -2.19. The number of hydrogen-bond donors (Lipinski definition) is 1. The third-order valence-electron chi connectivity index (χ3n) is 4.59. The molecule has 1 aliphatic heterocycles. The molecule has 1 N–H and O–H groups in total.